The van der Waals surface area contributed by atoms with Gasteiger partial charge in [-0.25, -0.2) is 9.97 Å². The van der Waals surface area contributed by atoms with Gasteiger partial charge in [0.05, 0.1) is 5.39 Å². The van der Waals surface area contributed by atoms with E-state index in [0.29, 0.717) is 11.1 Å². The summed E-state index contributed by atoms with van der Waals surface area (Å²) in [6, 6.07) is 0. The van der Waals surface area contributed by atoms with Crippen LogP contribution in [-0.2, 0) is 12.8 Å². The van der Waals surface area contributed by atoms with Crippen LogP contribution in [0.2, 0.25) is 5.15 Å². The summed E-state index contributed by atoms with van der Waals surface area (Å²) < 4.78 is 0. The van der Waals surface area contributed by atoms with E-state index in [4.69, 9.17) is 16.6 Å². The molecule has 1 saturated carbocycles. The smallest absolute Gasteiger partial charge is 0.141 e. The molecule has 2 aliphatic rings. The third-order valence-electron chi connectivity index (χ3n) is 4.76. The Balaban J connectivity index is 1.81. The van der Waals surface area contributed by atoms with Gasteiger partial charge in [-0.15, -0.1) is 11.3 Å². The van der Waals surface area contributed by atoms with Crippen molar-refractivity contribution in [3.63, 3.8) is 0 Å². The van der Waals surface area contributed by atoms with Gasteiger partial charge < -0.3 is 0 Å². The molecule has 0 amide bonds. The van der Waals surface area contributed by atoms with Gasteiger partial charge in [0, 0.05) is 10.8 Å². The molecule has 20 heavy (non-hydrogen) atoms. The lowest BCUT2D eigenvalue weighted by molar-refractivity contribution is 0.429. The zero-order chi connectivity index (χ0) is 13.5. The third-order valence-corrected chi connectivity index (χ3v) is 6.22. The van der Waals surface area contributed by atoms with Crippen molar-refractivity contribution in [3.8, 4) is 0 Å². The average molecular weight is 307 g/mol. The van der Waals surface area contributed by atoms with Gasteiger partial charge >= 0.3 is 0 Å². The maximum atomic E-state index is 6.52. The lowest BCUT2D eigenvalue weighted by atomic mass is 9.88. The van der Waals surface area contributed by atoms with Gasteiger partial charge in [0.1, 0.15) is 15.8 Å². The summed E-state index contributed by atoms with van der Waals surface area (Å²) in [4.78, 5) is 12.2. The molecule has 2 aliphatic carbocycles. The molecule has 0 spiro atoms. The van der Waals surface area contributed by atoms with E-state index in [1.165, 1.54) is 61.8 Å². The Hall–Kier alpha value is -0.670. The first-order chi connectivity index (χ1) is 9.83. The number of hydrogen-bond acceptors (Lipinski definition) is 3. The second-order valence-corrected chi connectivity index (χ2v) is 7.54. The number of aromatic nitrogens is 2. The molecule has 4 heteroatoms. The molecule has 0 bridgehead atoms. The van der Waals surface area contributed by atoms with Crippen molar-refractivity contribution in [2.24, 2.45) is 0 Å². The van der Waals surface area contributed by atoms with Crippen LogP contribution in [0.5, 0.6) is 0 Å². The predicted octanol–water partition coefficient (Wildman–Crippen LogP) is 5.27. The van der Waals surface area contributed by atoms with Gasteiger partial charge in [0.15, 0.2) is 0 Å². The van der Waals surface area contributed by atoms with Crippen LogP contribution in [0.1, 0.15) is 67.1 Å². The van der Waals surface area contributed by atoms with Crippen LogP contribution in [0.25, 0.3) is 10.2 Å². The highest BCUT2D eigenvalue weighted by Crippen LogP contribution is 2.40. The Morgan fingerprint density at radius 1 is 0.950 bits per heavy atom. The highest BCUT2D eigenvalue weighted by molar-refractivity contribution is 7.19. The van der Waals surface area contributed by atoms with Gasteiger partial charge in [-0.1, -0.05) is 30.9 Å². The first kappa shape index (κ1) is 13.0. The molecular formula is C16H19ClN2S. The van der Waals surface area contributed by atoms with E-state index in [-0.39, 0.29) is 0 Å². The molecule has 0 radical (unpaired) electrons. The number of halogens is 1. The molecule has 4 rings (SSSR count). The van der Waals surface area contributed by atoms with Crippen molar-refractivity contribution in [2.45, 2.75) is 63.7 Å². The van der Waals surface area contributed by atoms with Crippen LogP contribution in [0.15, 0.2) is 0 Å². The topological polar surface area (TPSA) is 25.8 Å². The van der Waals surface area contributed by atoms with Gasteiger partial charge in [0.25, 0.3) is 0 Å². The van der Waals surface area contributed by atoms with Crippen molar-refractivity contribution in [3.05, 3.63) is 21.4 Å². The number of nitrogens with zero attached hydrogens (tertiary/aromatic N) is 2. The summed E-state index contributed by atoms with van der Waals surface area (Å²) in [5.74, 6) is 1.53. The Labute approximate surface area is 128 Å². The molecule has 106 valence electrons. The minimum Gasteiger partial charge on any atom is -0.222 e. The minimum atomic E-state index is 0.532. The Kier molecular flexibility index (Phi) is 3.43. The van der Waals surface area contributed by atoms with E-state index >= 15 is 0 Å². The lowest BCUT2D eigenvalue weighted by Gasteiger charge is -2.20. The van der Waals surface area contributed by atoms with Gasteiger partial charge in [-0.3, -0.25) is 0 Å². The quantitative estimate of drug-likeness (QED) is 0.671. The van der Waals surface area contributed by atoms with Crippen LogP contribution in [0, 0.1) is 0 Å². The van der Waals surface area contributed by atoms with E-state index in [0.717, 1.165) is 22.5 Å². The Bertz CT molecular complexity index is 643. The van der Waals surface area contributed by atoms with E-state index in [9.17, 15) is 0 Å². The zero-order valence-electron chi connectivity index (χ0n) is 11.6. The maximum Gasteiger partial charge on any atom is 0.141 e. The van der Waals surface area contributed by atoms with Crippen molar-refractivity contribution in [1.29, 1.82) is 0 Å². The van der Waals surface area contributed by atoms with Gasteiger partial charge in [-0.2, -0.15) is 0 Å². The first-order valence-electron chi connectivity index (χ1n) is 7.80. The largest absolute Gasteiger partial charge is 0.222 e. The van der Waals surface area contributed by atoms with E-state index < -0.39 is 0 Å². The van der Waals surface area contributed by atoms with E-state index in [1.54, 1.807) is 0 Å². The summed E-state index contributed by atoms with van der Waals surface area (Å²) >= 11 is 8.37. The summed E-state index contributed by atoms with van der Waals surface area (Å²) in [7, 11) is 0. The molecule has 1 fully saturated rings. The third kappa shape index (κ3) is 2.15. The van der Waals surface area contributed by atoms with Crippen molar-refractivity contribution >= 4 is 33.2 Å². The molecule has 0 N–H and O–H groups in total. The number of thiophene rings is 1. The van der Waals surface area contributed by atoms with Crippen molar-refractivity contribution in [1.82, 2.24) is 9.97 Å². The Morgan fingerprint density at radius 3 is 2.60 bits per heavy atom. The van der Waals surface area contributed by atoms with E-state index in [2.05, 4.69) is 4.98 Å². The van der Waals surface area contributed by atoms with Crippen LogP contribution < -0.4 is 0 Å². The van der Waals surface area contributed by atoms with Crippen molar-refractivity contribution < 1.29 is 0 Å². The lowest BCUT2D eigenvalue weighted by Crippen LogP contribution is -2.09. The monoisotopic (exact) mass is 306 g/mol. The number of hydrogen-bond donors (Lipinski definition) is 0. The number of rotatable bonds is 1. The van der Waals surface area contributed by atoms with Crippen LogP contribution >= 0.6 is 22.9 Å². The maximum absolute atomic E-state index is 6.52. The second kappa shape index (κ2) is 5.27. The highest BCUT2D eigenvalue weighted by atomic mass is 35.5. The molecular weight excluding hydrogens is 288 g/mol. The summed E-state index contributed by atoms with van der Waals surface area (Å²) in [6.07, 6.45) is 11.4. The van der Waals surface area contributed by atoms with Crippen LogP contribution in [-0.4, -0.2) is 9.97 Å². The fourth-order valence-electron chi connectivity index (χ4n) is 3.67. The van der Waals surface area contributed by atoms with Crippen LogP contribution in [0.4, 0.5) is 0 Å². The number of fused-ring (bicyclic) bond motifs is 3. The normalized spacial score (nSPS) is 20.2. The molecule has 0 aliphatic heterocycles. The summed E-state index contributed by atoms with van der Waals surface area (Å²) in [5.41, 5.74) is 1.44. The molecule has 2 aromatic heterocycles. The molecule has 0 unspecified atom stereocenters. The summed E-state index contributed by atoms with van der Waals surface area (Å²) in [6.45, 7) is 0. The summed E-state index contributed by atoms with van der Waals surface area (Å²) in [5, 5.41) is 1.86. The molecule has 0 saturated heterocycles. The van der Waals surface area contributed by atoms with Crippen LogP contribution in [0.3, 0.4) is 0 Å². The predicted molar refractivity (Wildman–Crippen MR) is 84.9 cm³/mol. The fraction of sp³-hybridized carbons (Fsp3) is 0.625. The van der Waals surface area contributed by atoms with E-state index in [1.807, 2.05) is 11.3 Å². The first-order valence-corrected chi connectivity index (χ1v) is 9.00. The average Bonchev–Trinajstić information content (AvgIpc) is 2.87. The Morgan fingerprint density at radius 2 is 1.75 bits per heavy atom. The fourth-order valence-corrected chi connectivity index (χ4v) is 5.29. The van der Waals surface area contributed by atoms with Gasteiger partial charge in [-0.05, 0) is 44.1 Å². The van der Waals surface area contributed by atoms with Crippen molar-refractivity contribution in [2.75, 3.05) is 0 Å². The molecule has 2 aromatic rings. The standard InChI is InChI=1S/C16H19ClN2S/c17-14-13-11-8-4-5-9-12(11)20-16(13)19-15(18-14)10-6-2-1-3-7-10/h10H,1-9H2. The number of aryl methyl sites for hydroxylation is 2. The minimum absolute atomic E-state index is 0.532. The molecule has 2 nitrogen and oxygen atoms in total. The molecule has 2 heterocycles. The highest BCUT2D eigenvalue weighted by Gasteiger charge is 2.23. The zero-order valence-corrected chi connectivity index (χ0v) is 13.2. The molecule has 0 aromatic carbocycles. The second-order valence-electron chi connectivity index (χ2n) is 6.10. The molecule has 0 atom stereocenters. The SMILES string of the molecule is Clc1nc(C2CCCCC2)nc2sc3c(c12)CCCC3. The van der Waals surface area contributed by atoms with Gasteiger partial charge in [0.2, 0.25) is 0 Å².